The second-order valence-corrected chi connectivity index (χ2v) is 9.05. The van der Waals surface area contributed by atoms with Gasteiger partial charge in [-0.15, -0.1) is 0 Å². The number of hydrogen-bond acceptors (Lipinski definition) is 5. The van der Waals surface area contributed by atoms with Crippen LogP contribution in [0.1, 0.15) is 22.4 Å². The van der Waals surface area contributed by atoms with Gasteiger partial charge in [0.25, 0.3) is 0 Å². The van der Waals surface area contributed by atoms with Gasteiger partial charge < -0.3 is 9.72 Å². The van der Waals surface area contributed by atoms with Crippen LogP contribution in [-0.2, 0) is 18.7 Å². The summed E-state index contributed by atoms with van der Waals surface area (Å²) in [6.07, 6.45) is 2.86. The van der Waals surface area contributed by atoms with Crippen molar-refractivity contribution in [3.8, 4) is 5.75 Å². The van der Waals surface area contributed by atoms with Crippen molar-refractivity contribution in [2.24, 2.45) is 0 Å². The highest BCUT2D eigenvalue weighted by atomic mass is 32.2. The highest BCUT2D eigenvalue weighted by Gasteiger charge is 2.24. The number of hydrogen-bond donors (Lipinski definition) is 1. The molecule has 0 spiro atoms. The van der Waals surface area contributed by atoms with Crippen molar-refractivity contribution < 1.29 is 4.74 Å². The first kappa shape index (κ1) is 20.1. The summed E-state index contributed by atoms with van der Waals surface area (Å²) >= 11 is 1.67. The fourth-order valence-electron chi connectivity index (χ4n) is 4.09. The van der Waals surface area contributed by atoms with Crippen LogP contribution in [0.25, 0.3) is 11.0 Å². The number of nitrogens with one attached hydrogen (secondary N) is 1. The molecule has 6 heteroatoms. The molecular formula is C25H26N4OS. The molecule has 1 unspecified atom stereocenters. The Labute approximate surface area is 186 Å². The summed E-state index contributed by atoms with van der Waals surface area (Å²) in [5.41, 5.74) is 7.04. The molecule has 0 fully saturated rings. The summed E-state index contributed by atoms with van der Waals surface area (Å²) < 4.78 is 6.29. The maximum atomic E-state index is 6.29. The van der Waals surface area contributed by atoms with E-state index in [4.69, 9.17) is 4.74 Å². The quantitative estimate of drug-likeness (QED) is 0.437. The number of nitrogens with zero attached hydrogens (tertiary/aromatic N) is 3. The van der Waals surface area contributed by atoms with E-state index in [0.29, 0.717) is 12.6 Å². The lowest BCUT2D eigenvalue weighted by molar-refractivity contribution is 0.143. The molecule has 3 heterocycles. The van der Waals surface area contributed by atoms with Crippen molar-refractivity contribution in [1.82, 2.24) is 19.9 Å². The third-order valence-corrected chi connectivity index (χ3v) is 6.90. The summed E-state index contributed by atoms with van der Waals surface area (Å²) in [6, 6.07) is 19.1. The number of H-pyrrole nitrogens is 1. The monoisotopic (exact) mass is 430 g/mol. The first-order chi connectivity index (χ1) is 15.2. The van der Waals surface area contributed by atoms with E-state index in [9.17, 15) is 0 Å². The van der Waals surface area contributed by atoms with E-state index >= 15 is 0 Å². The van der Waals surface area contributed by atoms with E-state index in [1.165, 1.54) is 11.1 Å². The fourth-order valence-corrected chi connectivity index (χ4v) is 5.00. The molecule has 158 valence electrons. The smallest absolute Gasteiger partial charge is 0.166 e. The SMILES string of the molecule is Cc1c(OCC2Cc3ccccc3CN2C)ccnc1CSc1nc2ccccc2[nH]1. The van der Waals surface area contributed by atoms with E-state index in [1.807, 2.05) is 36.5 Å². The summed E-state index contributed by atoms with van der Waals surface area (Å²) in [7, 11) is 2.18. The van der Waals surface area contributed by atoms with Crippen molar-refractivity contribution in [3.63, 3.8) is 0 Å². The van der Waals surface area contributed by atoms with E-state index in [2.05, 4.69) is 58.1 Å². The van der Waals surface area contributed by atoms with E-state index in [1.54, 1.807) is 11.8 Å². The maximum absolute atomic E-state index is 6.29. The van der Waals surface area contributed by atoms with Gasteiger partial charge >= 0.3 is 0 Å². The van der Waals surface area contributed by atoms with Gasteiger partial charge in [0.2, 0.25) is 0 Å². The molecule has 4 aromatic rings. The van der Waals surface area contributed by atoms with Gasteiger partial charge in [-0.1, -0.05) is 48.2 Å². The van der Waals surface area contributed by atoms with Gasteiger partial charge in [-0.25, -0.2) is 4.98 Å². The molecule has 0 bridgehead atoms. The number of ether oxygens (including phenoxy) is 1. The Kier molecular flexibility index (Phi) is 5.66. The molecule has 1 atom stereocenters. The molecule has 0 amide bonds. The predicted octanol–water partition coefficient (Wildman–Crippen LogP) is 4.99. The minimum Gasteiger partial charge on any atom is -0.492 e. The largest absolute Gasteiger partial charge is 0.492 e. The first-order valence-corrected chi connectivity index (χ1v) is 11.6. The van der Waals surface area contributed by atoms with Crippen molar-refractivity contribution in [3.05, 3.63) is 83.2 Å². The Morgan fingerprint density at radius 2 is 1.90 bits per heavy atom. The Morgan fingerprint density at radius 1 is 1.10 bits per heavy atom. The zero-order valence-electron chi connectivity index (χ0n) is 17.8. The molecule has 5 rings (SSSR count). The van der Waals surface area contributed by atoms with E-state index in [-0.39, 0.29) is 0 Å². The maximum Gasteiger partial charge on any atom is 0.166 e. The van der Waals surface area contributed by atoms with Gasteiger partial charge in [-0.2, -0.15) is 0 Å². The number of aromatic nitrogens is 3. The summed E-state index contributed by atoms with van der Waals surface area (Å²) in [5.74, 6) is 1.67. The molecule has 0 saturated heterocycles. The topological polar surface area (TPSA) is 54.0 Å². The van der Waals surface area contributed by atoms with Gasteiger partial charge in [0.1, 0.15) is 12.4 Å². The standard InChI is InChI=1S/C25H26N4OS/c1-17-23(16-31-25-27-21-9-5-6-10-22(21)28-25)26-12-11-24(17)30-15-20-13-18-7-3-4-8-19(18)14-29(20)2/h3-12,20H,13-16H2,1-2H3,(H,27,28). The summed E-state index contributed by atoms with van der Waals surface area (Å²) in [4.78, 5) is 15.0. The van der Waals surface area contributed by atoms with Crippen molar-refractivity contribution in [1.29, 1.82) is 0 Å². The van der Waals surface area contributed by atoms with Gasteiger partial charge in [-0.3, -0.25) is 9.88 Å². The van der Waals surface area contributed by atoms with Crippen LogP contribution >= 0.6 is 11.8 Å². The Morgan fingerprint density at radius 3 is 2.77 bits per heavy atom. The molecule has 2 aromatic heterocycles. The van der Waals surface area contributed by atoms with Crippen molar-refractivity contribution in [2.75, 3.05) is 13.7 Å². The van der Waals surface area contributed by atoms with Crippen LogP contribution < -0.4 is 4.74 Å². The van der Waals surface area contributed by atoms with Gasteiger partial charge in [0, 0.05) is 30.1 Å². The second-order valence-electron chi connectivity index (χ2n) is 8.08. The second kappa shape index (κ2) is 8.73. The third kappa shape index (κ3) is 4.31. The van der Waals surface area contributed by atoms with Crippen molar-refractivity contribution in [2.45, 2.75) is 36.8 Å². The number of fused-ring (bicyclic) bond motifs is 2. The number of thioether (sulfide) groups is 1. The lowest BCUT2D eigenvalue weighted by atomic mass is 9.95. The molecule has 1 aliphatic rings. The van der Waals surface area contributed by atoms with Crippen LogP contribution in [0.2, 0.25) is 0 Å². The number of likely N-dealkylation sites (N-methyl/N-ethyl adjacent to an activating group) is 1. The highest BCUT2D eigenvalue weighted by Crippen LogP contribution is 2.28. The number of benzene rings is 2. The van der Waals surface area contributed by atoms with Gasteiger partial charge in [-0.05, 0) is 49.7 Å². The van der Waals surface area contributed by atoms with E-state index in [0.717, 1.165) is 51.9 Å². The minimum atomic E-state index is 0.371. The van der Waals surface area contributed by atoms with E-state index < -0.39 is 0 Å². The van der Waals surface area contributed by atoms with Crippen LogP contribution in [0.3, 0.4) is 0 Å². The Hall–Kier alpha value is -2.83. The highest BCUT2D eigenvalue weighted by molar-refractivity contribution is 7.98. The fraction of sp³-hybridized carbons (Fsp3) is 0.280. The molecule has 0 radical (unpaired) electrons. The third-order valence-electron chi connectivity index (χ3n) is 6.02. The van der Waals surface area contributed by atoms with Crippen LogP contribution in [0.5, 0.6) is 5.75 Å². The zero-order chi connectivity index (χ0) is 21.2. The first-order valence-electron chi connectivity index (χ1n) is 10.6. The normalized spacial score (nSPS) is 16.4. The number of imidazole rings is 1. The number of pyridine rings is 1. The lowest BCUT2D eigenvalue weighted by Crippen LogP contribution is -2.41. The molecule has 2 aromatic carbocycles. The predicted molar refractivity (Wildman–Crippen MR) is 126 cm³/mol. The number of rotatable bonds is 6. The van der Waals surface area contributed by atoms with Crippen LogP contribution in [-0.4, -0.2) is 39.5 Å². The summed E-state index contributed by atoms with van der Waals surface area (Å²) in [6.45, 7) is 3.74. The Balaban J connectivity index is 1.24. The average molecular weight is 431 g/mol. The lowest BCUT2D eigenvalue weighted by Gasteiger charge is -2.34. The van der Waals surface area contributed by atoms with Gasteiger partial charge in [0.05, 0.1) is 16.7 Å². The molecule has 0 aliphatic carbocycles. The average Bonchev–Trinajstić information content (AvgIpc) is 3.20. The molecule has 1 aliphatic heterocycles. The molecular weight excluding hydrogens is 404 g/mol. The molecule has 5 nitrogen and oxygen atoms in total. The molecule has 1 N–H and O–H groups in total. The molecule has 31 heavy (non-hydrogen) atoms. The van der Waals surface area contributed by atoms with Crippen LogP contribution in [0, 0.1) is 6.92 Å². The number of para-hydroxylation sites is 2. The van der Waals surface area contributed by atoms with Crippen molar-refractivity contribution >= 4 is 22.8 Å². The zero-order valence-corrected chi connectivity index (χ0v) is 18.7. The van der Waals surface area contributed by atoms with Crippen LogP contribution in [0.15, 0.2) is 66.0 Å². The minimum absolute atomic E-state index is 0.371. The Bertz CT molecular complexity index is 1170. The summed E-state index contributed by atoms with van der Waals surface area (Å²) in [5, 5.41) is 0.913. The molecule has 0 saturated carbocycles. The van der Waals surface area contributed by atoms with Gasteiger partial charge in [0.15, 0.2) is 5.16 Å². The van der Waals surface area contributed by atoms with Crippen LogP contribution in [0.4, 0.5) is 0 Å². The number of aromatic amines is 1.